The van der Waals surface area contributed by atoms with E-state index in [9.17, 15) is 0 Å². The molecule has 0 saturated heterocycles. The molecule has 0 amide bonds. The van der Waals surface area contributed by atoms with Crippen LogP contribution in [0.2, 0.25) is 5.28 Å². The summed E-state index contributed by atoms with van der Waals surface area (Å²) in [5.74, 6) is 0.860. The minimum absolute atomic E-state index is 0.318. The molecule has 3 nitrogen and oxygen atoms in total. The average molecular weight is 372 g/mol. The Hall–Kier alpha value is -1.65. The molecular weight excluding hydrogens is 350 g/mol. The number of nitrogens with zero attached hydrogens (tertiary/aromatic N) is 2. The van der Waals surface area contributed by atoms with Gasteiger partial charge >= 0.3 is 0 Å². The van der Waals surface area contributed by atoms with Crippen molar-refractivity contribution in [3.05, 3.63) is 45.1 Å². The zero-order valence-corrected chi connectivity index (χ0v) is 16.2. The van der Waals surface area contributed by atoms with Crippen molar-refractivity contribution >= 4 is 44.7 Å². The Kier molecular flexibility index (Phi) is 4.65. The number of halogens is 1. The lowest BCUT2D eigenvalue weighted by Gasteiger charge is -2.15. The minimum Gasteiger partial charge on any atom is -0.339 e. The normalized spacial score (nSPS) is 14.4. The molecule has 0 aliphatic heterocycles. The summed E-state index contributed by atoms with van der Waals surface area (Å²) in [7, 11) is 0. The number of hydrogen-bond acceptors (Lipinski definition) is 4. The fourth-order valence-electron chi connectivity index (χ4n) is 3.72. The molecule has 3 aromatic rings. The molecule has 1 aliphatic rings. The van der Waals surface area contributed by atoms with Gasteiger partial charge in [0.15, 0.2) is 0 Å². The van der Waals surface area contributed by atoms with Crippen molar-refractivity contribution in [1.29, 1.82) is 0 Å². The van der Waals surface area contributed by atoms with Crippen LogP contribution in [0, 0.1) is 6.92 Å². The molecule has 0 atom stereocenters. The van der Waals surface area contributed by atoms with Crippen molar-refractivity contribution in [3.8, 4) is 0 Å². The maximum absolute atomic E-state index is 6.24. The summed E-state index contributed by atoms with van der Waals surface area (Å²) in [4.78, 5) is 11.6. The van der Waals surface area contributed by atoms with Crippen LogP contribution in [0.15, 0.2) is 18.2 Å². The summed E-state index contributed by atoms with van der Waals surface area (Å²) < 4.78 is 0. The summed E-state index contributed by atoms with van der Waals surface area (Å²) in [5, 5.41) is 5.10. The molecule has 5 heteroatoms. The molecule has 4 rings (SSSR count). The number of para-hydroxylation sites is 1. The predicted molar refractivity (Wildman–Crippen MR) is 108 cm³/mol. The van der Waals surface area contributed by atoms with Gasteiger partial charge in [-0.15, -0.1) is 11.3 Å². The largest absolute Gasteiger partial charge is 0.339 e. The van der Waals surface area contributed by atoms with E-state index < -0.39 is 0 Å². The average Bonchev–Trinajstić information content (AvgIpc) is 2.78. The van der Waals surface area contributed by atoms with Crippen LogP contribution in [-0.4, -0.2) is 9.97 Å². The number of anilines is 2. The third-order valence-corrected chi connectivity index (χ3v) is 6.38. The van der Waals surface area contributed by atoms with Gasteiger partial charge in [-0.2, -0.15) is 4.98 Å². The summed E-state index contributed by atoms with van der Waals surface area (Å²) in [6.45, 7) is 4.31. The van der Waals surface area contributed by atoms with E-state index in [2.05, 4.69) is 47.3 Å². The van der Waals surface area contributed by atoms with Gasteiger partial charge in [0.25, 0.3) is 0 Å². The highest BCUT2D eigenvalue weighted by Crippen LogP contribution is 2.40. The Morgan fingerprint density at radius 3 is 2.84 bits per heavy atom. The molecule has 0 bridgehead atoms. The van der Waals surface area contributed by atoms with Gasteiger partial charge in [-0.05, 0) is 67.3 Å². The molecule has 0 fully saturated rings. The fourth-order valence-corrected chi connectivity index (χ4v) is 5.20. The quantitative estimate of drug-likeness (QED) is 0.438. The van der Waals surface area contributed by atoms with Crippen molar-refractivity contribution in [2.75, 3.05) is 5.32 Å². The highest BCUT2D eigenvalue weighted by molar-refractivity contribution is 7.19. The first-order valence-electron chi connectivity index (χ1n) is 9.00. The van der Waals surface area contributed by atoms with E-state index in [4.69, 9.17) is 11.6 Å². The van der Waals surface area contributed by atoms with E-state index in [1.807, 2.05) is 0 Å². The summed E-state index contributed by atoms with van der Waals surface area (Å²) in [5.41, 5.74) is 5.10. The van der Waals surface area contributed by atoms with Crippen LogP contribution in [0.25, 0.3) is 10.2 Å². The highest BCUT2D eigenvalue weighted by Gasteiger charge is 2.21. The van der Waals surface area contributed by atoms with E-state index in [0.29, 0.717) is 5.28 Å². The lowest BCUT2D eigenvalue weighted by atomic mass is 10.0. The Labute approximate surface area is 157 Å². The molecule has 0 unspecified atom stereocenters. The monoisotopic (exact) mass is 371 g/mol. The second-order valence-corrected chi connectivity index (χ2v) is 8.10. The lowest BCUT2D eigenvalue weighted by Crippen LogP contribution is -2.02. The number of nitrogens with one attached hydrogen (secondary N) is 1. The first kappa shape index (κ1) is 16.8. The lowest BCUT2D eigenvalue weighted by molar-refractivity contribution is 0.713. The van der Waals surface area contributed by atoms with Crippen LogP contribution in [-0.2, 0) is 19.3 Å². The van der Waals surface area contributed by atoms with Crippen molar-refractivity contribution in [3.63, 3.8) is 0 Å². The number of aryl methyl sites for hydroxylation is 4. The van der Waals surface area contributed by atoms with Gasteiger partial charge in [-0.3, -0.25) is 0 Å². The molecule has 2 heterocycles. The summed E-state index contributed by atoms with van der Waals surface area (Å²) in [6, 6.07) is 6.41. The second kappa shape index (κ2) is 6.93. The molecule has 1 aliphatic carbocycles. The fraction of sp³-hybridized carbons (Fsp3) is 0.400. The zero-order chi connectivity index (χ0) is 17.4. The number of aromatic nitrogens is 2. The molecule has 2 aromatic heterocycles. The van der Waals surface area contributed by atoms with Crippen molar-refractivity contribution in [2.45, 2.75) is 52.4 Å². The summed E-state index contributed by atoms with van der Waals surface area (Å²) >= 11 is 8.03. The maximum Gasteiger partial charge on any atom is 0.225 e. The van der Waals surface area contributed by atoms with Crippen LogP contribution in [0.1, 0.15) is 47.8 Å². The van der Waals surface area contributed by atoms with Crippen molar-refractivity contribution in [2.24, 2.45) is 0 Å². The van der Waals surface area contributed by atoms with E-state index in [1.165, 1.54) is 46.2 Å². The summed E-state index contributed by atoms with van der Waals surface area (Å²) in [6.07, 6.45) is 7.06. The Morgan fingerprint density at radius 1 is 1.16 bits per heavy atom. The van der Waals surface area contributed by atoms with Gasteiger partial charge in [0.05, 0.1) is 5.39 Å². The molecule has 1 N–H and O–H groups in total. The minimum atomic E-state index is 0.318. The molecule has 0 spiro atoms. The predicted octanol–water partition coefficient (Wildman–Crippen LogP) is 6.23. The van der Waals surface area contributed by atoms with Gasteiger partial charge in [-0.25, -0.2) is 4.98 Å². The molecule has 0 saturated carbocycles. The standard InChI is InChI=1S/C20H22ClN3S/c1-3-13-9-7-8-12(2)17(13)22-18-16-14-10-5-4-6-11-15(14)25-19(16)24-20(21)23-18/h7-9H,3-6,10-11H2,1-2H3,(H,22,23,24). The smallest absolute Gasteiger partial charge is 0.225 e. The number of thiophene rings is 1. The third kappa shape index (κ3) is 3.13. The van der Waals surface area contributed by atoms with E-state index in [-0.39, 0.29) is 0 Å². The highest BCUT2D eigenvalue weighted by atomic mass is 35.5. The van der Waals surface area contributed by atoms with E-state index in [1.54, 1.807) is 11.3 Å². The first-order chi connectivity index (χ1) is 12.2. The number of benzene rings is 1. The molecule has 0 radical (unpaired) electrons. The SMILES string of the molecule is CCc1cccc(C)c1Nc1nc(Cl)nc2sc3c(c12)CCCCC3. The van der Waals surface area contributed by atoms with Crippen molar-refractivity contribution in [1.82, 2.24) is 9.97 Å². The third-order valence-electron chi connectivity index (χ3n) is 5.02. The van der Waals surface area contributed by atoms with Gasteiger partial charge < -0.3 is 5.32 Å². The molecule has 1 aromatic carbocycles. The van der Waals surface area contributed by atoms with Gasteiger partial charge in [-0.1, -0.05) is 31.5 Å². The molecule has 130 valence electrons. The van der Waals surface area contributed by atoms with Gasteiger partial charge in [0.1, 0.15) is 10.6 Å². The molecule has 25 heavy (non-hydrogen) atoms. The van der Waals surface area contributed by atoms with E-state index >= 15 is 0 Å². The topological polar surface area (TPSA) is 37.8 Å². The van der Waals surface area contributed by atoms with Crippen molar-refractivity contribution < 1.29 is 0 Å². The van der Waals surface area contributed by atoms with E-state index in [0.717, 1.165) is 35.6 Å². The first-order valence-corrected chi connectivity index (χ1v) is 10.2. The number of hydrogen-bond donors (Lipinski definition) is 1. The maximum atomic E-state index is 6.24. The Morgan fingerprint density at radius 2 is 2.00 bits per heavy atom. The van der Waals surface area contributed by atoms with Crippen LogP contribution in [0.3, 0.4) is 0 Å². The second-order valence-electron chi connectivity index (χ2n) is 6.67. The Balaban J connectivity index is 1.89. The Bertz CT molecular complexity index is 932. The van der Waals surface area contributed by atoms with Gasteiger partial charge in [0, 0.05) is 10.6 Å². The number of fused-ring (bicyclic) bond motifs is 3. The van der Waals surface area contributed by atoms with Crippen LogP contribution in [0.5, 0.6) is 0 Å². The van der Waals surface area contributed by atoms with Crippen LogP contribution < -0.4 is 5.32 Å². The zero-order valence-electron chi connectivity index (χ0n) is 14.7. The van der Waals surface area contributed by atoms with Gasteiger partial charge in [0.2, 0.25) is 5.28 Å². The molecular formula is C20H22ClN3S. The van der Waals surface area contributed by atoms with Crippen LogP contribution >= 0.6 is 22.9 Å². The number of rotatable bonds is 3. The van der Waals surface area contributed by atoms with Crippen LogP contribution in [0.4, 0.5) is 11.5 Å².